The van der Waals surface area contributed by atoms with Gasteiger partial charge in [-0.3, -0.25) is 5.32 Å². The summed E-state index contributed by atoms with van der Waals surface area (Å²) in [6.45, 7) is 29.6. The summed E-state index contributed by atoms with van der Waals surface area (Å²) in [5.41, 5.74) is 2.32. The molecular weight excluding hydrogens is 334 g/mol. The van der Waals surface area contributed by atoms with Gasteiger partial charge in [0.15, 0.2) is 0 Å². The highest BCUT2D eigenvalue weighted by atomic mass is 16.6. The van der Waals surface area contributed by atoms with Crippen LogP contribution in [0.25, 0.3) is 0 Å². The lowest BCUT2D eigenvalue weighted by atomic mass is 9.85. The zero-order valence-electron chi connectivity index (χ0n) is 20.8. The van der Waals surface area contributed by atoms with E-state index in [1.165, 1.54) is 0 Å². The van der Waals surface area contributed by atoms with E-state index in [4.69, 9.17) is 4.74 Å². The van der Waals surface area contributed by atoms with Crippen molar-refractivity contribution in [2.75, 3.05) is 0 Å². The Kier molecular flexibility index (Phi) is 19.1. The molecule has 0 radical (unpaired) electrons. The number of carbonyl (C=O) groups excluding carboxylic acids is 1. The van der Waals surface area contributed by atoms with Crippen LogP contribution in [0.5, 0.6) is 0 Å². The van der Waals surface area contributed by atoms with Gasteiger partial charge in [0.05, 0.1) is 0 Å². The van der Waals surface area contributed by atoms with Crippen LogP contribution in [-0.4, -0.2) is 6.09 Å². The lowest BCUT2D eigenvalue weighted by Gasteiger charge is -2.22. The predicted octanol–water partition coefficient (Wildman–Crippen LogP) is 8.18. The molecule has 0 fully saturated rings. The van der Waals surface area contributed by atoms with Gasteiger partial charge in [0.2, 0.25) is 0 Å². The number of cyclic esters (lactones) is 1. The third-order valence-electron chi connectivity index (χ3n) is 2.85. The van der Waals surface area contributed by atoms with E-state index in [0.717, 1.165) is 28.7 Å². The maximum absolute atomic E-state index is 11.5. The molecule has 0 atom stereocenters. The number of ether oxygens (including phenoxy) is 1. The van der Waals surface area contributed by atoms with Crippen LogP contribution in [0.4, 0.5) is 4.79 Å². The molecule has 0 aromatic carbocycles. The monoisotopic (exact) mass is 383 g/mol. The molecule has 0 bridgehead atoms. The van der Waals surface area contributed by atoms with Gasteiger partial charge in [0.1, 0.15) is 5.76 Å². The Labute approximate surface area is 171 Å². The molecule has 1 heterocycles. The average molecular weight is 384 g/mol. The molecule has 27 heavy (non-hydrogen) atoms. The summed E-state index contributed by atoms with van der Waals surface area (Å²) >= 11 is 0. The lowest BCUT2D eigenvalue weighted by molar-refractivity contribution is 0.170. The molecule has 0 aliphatic carbocycles. The smallest absolute Gasteiger partial charge is 0.414 e. The van der Waals surface area contributed by atoms with Crippen molar-refractivity contribution < 1.29 is 9.53 Å². The van der Waals surface area contributed by atoms with Crippen molar-refractivity contribution in [2.45, 2.75) is 96.9 Å². The van der Waals surface area contributed by atoms with Crippen molar-refractivity contribution in [3.63, 3.8) is 0 Å². The van der Waals surface area contributed by atoms with E-state index in [9.17, 15) is 4.79 Å². The summed E-state index contributed by atoms with van der Waals surface area (Å²) < 4.78 is 5.40. The molecule has 1 rings (SSSR count). The molecule has 1 N–H and O–H groups in total. The molecule has 0 aromatic heterocycles. The highest BCUT2D eigenvalue weighted by Gasteiger charge is 2.25. The van der Waals surface area contributed by atoms with Crippen LogP contribution >= 0.6 is 0 Å². The van der Waals surface area contributed by atoms with E-state index in [2.05, 4.69) is 74.6 Å². The van der Waals surface area contributed by atoms with Crippen LogP contribution in [0.15, 0.2) is 23.1 Å². The quantitative estimate of drug-likeness (QED) is 0.533. The fraction of sp³-hybridized carbons (Fsp3) is 0.792. The van der Waals surface area contributed by atoms with E-state index in [1.807, 2.05) is 27.7 Å². The van der Waals surface area contributed by atoms with Crippen molar-refractivity contribution in [3.8, 4) is 0 Å². The first kappa shape index (κ1) is 30.5. The minimum absolute atomic E-state index is 0.207. The topological polar surface area (TPSA) is 38.3 Å². The van der Waals surface area contributed by atoms with Crippen LogP contribution in [0.2, 0.25) is 0 Å². The maximum Gasteiger partial charge on any atom is 0.416 e. The molecule has 1 aliphatic rings. The van der Waals surface area contributed by atoms with Crippen molar-refractivity contribution in [2.24, 2.45) is 29.6 Å². The van der Waals surface area contributed by atoms with Gasteiger partial charge in [0.25, 0.3) is 0 Å². The maximum atomic E-state index is 11.5. The zero-order chi connectivity index (χ0) is 22.3. The van der Waals surface area contributed by atoms with Crippen LogP contribution in [0.3, 0.4) is 0 Å². The highest BCUT2D eigenvalue weighted by Crippen LogP contribution is 2.33. The van der Waals surface area contributed by atoms with Crippen molar-refractivity contribution in [1.29, 1.82) is 0 Å². The zero-order valence-corrected chi connectivity index (χ0v) is 20.8. The number of nitrogens with one attached hydrogen (secondary N) is 1. The number of amides is 1. The number of alkyl carbamates (subject to hydrolysis) is 1. The second-order valence-electron chi connectivity index (χ2n) is 8.84. The third kappa shape index (κ3) is 16.6. The van der Waals surface area contributed by atoms with Crippen LogP contribution < -0.4 is 5.32 Å². The SMILES string of the molecule is CC.CC(C)C.CC(C)C.CC(C)C1=CNC(=O)OC(C(C)C)=C1C(C)C. The Morgan fingerprint density at radius 3 is 1.33 bits per heavy atom. The van der Waals surface area contributed by atoms with Gasteiger partial charge in [-0.2, -0.15) is 0 Å². The molecule has 1 amide bonds. The minimum Gasteiger partial charge on any atom is -0.414 e. The van der Waals surface area contributed by atoms with E-state index >= 15 is 0 Å². The summed E-state index contributed by atoms with van der Waals surface area (Å²) in [7, 11) is 0. The number of rotatable bonds is 3. The second-order valence-corrected chi connectivity index (χ2v) is 8.84. The van der Waals surface area contributed by atoms with Crippen molar-refractivity contribution in [3.05, 3.63) is 23.1 Å². The number of hydrogen-bond acceptors (Lipinski definition) is 2. The van der Waals surface area contributed by atoms with Gasteiger partial charge in [-0.1, -0.05) is 96.9 Å². The van der Waals surface area contributed by atoms with Gasteiger partial charge in [-0.25, -0.2) is 4.79 Å². The first-order valence-electron chi connectivity index (χ1n) is 10.7. The van der Waals surface area contributed by atoms with Gasteiger partial charge >= 0.3 is 6.09 Å². The standard InChI is InChI=1S/C14H23NO2.2C4H10.C2H6/c1-8(2)11-7-15-14(16)17-13(10(5)6)12(11)9(3)4;2*1-4(2)3;1-2/h7-10H,1-6H3,(H,15,16);2*4H,1-3H3;1-2H3. The Balaban J connectivity index is -0.000000480. The molecule has 0 saturated carbocycles. The number of carbonyl (C=O) groups is 1. The summed E-state index contributed by atoms with van der Waals surface area (Å²) in [6, 6.07) is 0. The fourth-order valence-electron chi connectivity index (χ4n) is 2.07. The molecule has 0 unspecified atom stereocenters. The molecular formula is C24H49NO2. The van der Waals surface area contributed by atoms with Crippen LogP contribution in [-0.2, 0) is 4.74 Å². The molecule has 162 valence electrons. The van der Waals surface area contributed by atoms with Gasteiger partial charge in [-0.05, 0) is 34.8 Å². The lowest BCUT2D eigenvalue weighted by Crippen LogP contribution is -2.18. The Morgan fingerprint density at radius 1 is 0.704 bits per heavy atom. The third-order valence-corrected chi connectivity index (χ3v) is 2.85. The molecule has 0 spiro atoms. The van der Waals surface area contributed by atoms with Gasteiger partial charge in [0, 0.05) is 12.1 Å². The fourth-order valence-corrected chi connectivity index (χ4v) is 2.07. The van der Waals surface area contributed by atoms with E-state index in [1.54, 1.807) is 6.20 Å². The number of allylic oxidation sites excluding steroid dienone is 3. The van der Waals surface area contributed by atoms with Crippen LogP contribution in [0, 0.1) is 29.6 Å². The molecule has 3 nitrogen and oxygen atoms in total. The summed E-state index contributed by atoms with van der Waals surface area (Å²) in [5, 5.41) is 2.68. The average Bonchev–Trinajstić information content (AvgIpc) is 2.67. The largest absolute Gasteiger partial charge is 0.416 e. The summed E-state index contributed by atoms with van der Waals surface area (Å²) in [4.78, 5) is 11.5. The Hall–Kier alpha value is -1.25. The van der Waals surface area contributed by atoms with E-state index in [-0.39, 0.29) is 12.0 Å². The second kappa shape index (κ2) is 16.9. The highest BCUT2D eigenvalue weighted by molar-refractivity contribution is 5.71. The van der Waals surface area contributed by atoms with Crippen molar-refractivity contribution >= 4 is 6.09 Å². The van der Waals surface area contributed by atoms with E-state index in [0.29, 0.717) is 11.8 Å². The minimum atomic E-state index is -0.387. The summed E-state index contributed by atoms with van der Waals surface area (Å²) in [6.07, 6.45) is 1.40. The van der Waals surface area contributed by atoms with E-state index < -0.39 is 0 Å². The molecule has 0 saturated heterocycles. The number of hydrogen-bond donors (Lipinski definition) is 1. The normalized spacial score (nSPS) is 13.7. The molecule has 1 aliphatic heterocycles. The Morgan fingerprint density at radius 2 is 1.07 bits per heavy atom. The van der Waals surface area contributed by atoms with Crippen LogP contribution in [0.1, 0.15) is 96.9 Å². The van der Waals surface area contributed by atoms with Gasteiger partial charge in [-0.15, -0.1) is 0 Å². The van der Waals surface area contributed by atoms with Crippen molar-refractivity contribution in [1.82, 2.24) is 5.32 Å². The first-order chi connectivity index (χ1) is 12.3. The first-order valence-corrected chi connectivity index (χ1v) is 10.7. The van der Waals surface area contributed by atoms with Gasteiger partial charge < -0.3 is 4.74 Å². The Bertz CT molecular complexity index is 430. The molecule has 3 heteroatoms. The predicted molar refractivity (Wildman–Crippen MR) is 122 cm³/mol. The summed E-state index contributed by atoms with van der Waals surface area (Å²) in [5.74, 6) is 3.38. The molecule has 0 aromatic rings.